The molecule has 1 rings (SSSR count). The molecular formula is C10H12N4O4. The summed E-state index contributed by atoms with van der Waals surface area (Å²) < 4.78 is 4.62. The molecule has 0 atom stereocenters. The molecule has 0 aliphatic carbocycles. The third-order valence-electron chi connectivity index (χ3n) is 1.87. The van der Waals surface area contributed by atoms with Crippen LogP contribution in [0, 0.1) is 10.1 Å². The monoisotopic (exact) mass is 252 g/mol. The molecule has 18 heavy (non-hydrogen) atoms. The Kier molecular flexibility index (Phi) is 4.61. The summed E-state index contributed by atoms with van der Waals surface area (Å²) in [6, 6.07) is 5.50. The van der Waals surface area contributed by atoms with E-state index in [1.54, 1.807) is 6.92 Å². The Bertz CT molecular complexity index is 469. The van der Waals surface area contributed by atoms with E-state index in [0.717, 1.165) is 0 Å². The predicted molar refractivity (Wildman–Crippen MR) is 65.0 cm³/mol. The average molecular weight is 252 g/mol. The lowest BCUT2D eigenvalue weighted by Crippen LogP contribution is -2.27. The molecule has 0 fully saturated rings. The second kappa shape index (κ2) is 6.18. The lowest BCUT2D eigenvalue weighted by molar-refractivity contribution is -0.384. The van der Waals surface area contributed by atoms with Gasteiger partial charge in [-0.2, -0.15) is 0 Å². The van der Waals surface area contributed by atoms with E-state index >= 15 is 0 Å². The van der Waals surface area contributed by atoms with Crippen molar-refractivity contribution in [3.05, 3.63) is 34.4 Å². The third-order valence-corrected chi connectivity index (χ3v) is 1.87. The largest absolute Gasteiger partial charge is 0.460 e. The van der Waals surface area contributed by atoms with E-state index in [2.05, 4.69) is 15.3 Å². The zero-order valence-corrected chi connectivity index (χ0v) is 9.62. The molecule has 0 saturated carbocycles. The van der Waals surface area contributed by atoms with Crippen LogP contribution in [0.1, 0.15) is 6.92 Å². The van der Waals surface area contributed by atoms with Gasteiger partial charge in [0.15, 0.2) is 0 Å². The fourth-order valence-electron chi connectivity index (χ4n) is 1.03. The van der Waals surface area contributed by atoms with Crippen LogP contribution < -0.4 is 11.2 Å². The fourth-order valence-corrected chi connectivity index (χ4v) is 1.03. The third kappa shape index (κ3) is 3.74. The number of anilines is 1. The molecule has 0 bridgehead atoms. The number of nitro groups is 1. The smallest absolute Gasteiger partial charge is 0.375 e. The summed E-state index contributed by atoms with van der Waals surface area (Å²) in [6.07, 6.45) is 0. The number of ether oxygens (including phenoxy) is 1. The molecule has 0 aromatic heterocycles. The lowest BCUT2D eigenvalue weighted by Gasteiger charge is -2.02. The molecule has 0 aliphatic heterocycles. The van der Waals surface area contributed by atoms with Crippen LogP contribution in [0.4, 0.5) is 11.4 Å². The van der Waals surface area contributed by atoms with Gasteiger partial charge in [0.05, 0.1) is 17.2 Å². The molecule has 0 saturated heterocycles. The van der Waals surface area contributed by atoms with Gasteiger partial charge in [0.25, 0.3) is 5.69 Å². The topological polar surface area (TPSA) is 120 Å². The van der Waals surface area contributed by atoms with E-state index in [1.807, 2.05) is 0 Å². The maximum Gasteiger partial charge on any atom is 0.375 e. The molecule has 8 nitrogen and oxygen atoms in total. The molecule has 3 N–H and O–H groups in total. The van der Waals surface area contributed by atoms with Crippen molar-refractivity contribution in [2.24, 2.45) is 10.8 Å². The quantitative estimate of drug-likeness (QED) is 0.269. The van der Waals surface area contributed by atoms with Gasteiger partial charge in [0.2, 0.25) is 5.84 Å². The molecule has 0 unspecified atom stereocenters. The van der Waals surface area contributed by atoms with E-state index in [9.17, 15) is 14.9 Å². The molecule has 8 heteroatoms. The van der Waals surface area contributed by atoms with Crippen LogP contribution in [0.5, 0.6) is 0 Å². The Morgan fingerprint density at radius 3 is 2.61 bits per heavy atom. The number of non-ortho nitro benzene ring substituents is 1. The van der Waals surface area contributed by atoms with Crippen LogP contribution in [0.25, 0.3) is 0 Å². The van der Waals surface area contributed by atoms with Crippen molar-refractivity contribution < 1.29 is 14.5 Å². The number of nitro benzene ring substituents is 1. The Hall–Kier alpha value is -2.64. The maximum absolute atomic E-state index is 11.1. The first-order chi connectivity index (χ1) is 8.54. The van der Waals surface area contributed by atoms with E-state index in [0.29, 0.717) is 5.69 Å². The Labute approximate surface area is 103 Å². The maximum atomic E-state index is 11.1. The number of nitrogens with zero attached hydrogens (tertiary/aromatic N) is 2. The molecule has 1 aromatic rings. The minimum Gasteiger partial charge on any atom is -0.460 e. The highest BCUT2D eigenvalue weighted by atomic mass is 16.6. The number of nitrogens with two attached hydrogens (primary N) is 1. The highest BCUT2D eigenvalue weighted by Gasteiger charge is 2.07. The highest BCUT2D eigenvalue weighted by molar-refractivity contribution is 6.34. The summed E-state index contributed by atoms with van der Waals surface area (Å²) in [6.45, 7) is 1.85. The lowest BCUT2D eigenvalue weighted by atomic mass is 10.3. The van der Waals surface area contributed by atoms with Crippen molar-refractivity contribution in [3.8, 4) is 0 Å². The second-order valence-corrected chi connectivity index (χ2v) is 3.13. The van der Waals surface area contributed by atoms with E-state index in [1.165, 1.54) is 24.3 Å². The number of amidine groups is 1. The number of nitrogens with one attached hydrogen (secondary N) is 1. The van der Waals surface area contributed by atoms with Gasteiger partial charge in [0.1, 0.15) is 0 Å². The van der Waals surface area contributed by atoms with Gasteiger partial charge in [-0.25, -0.2) is 4.79 Å². The molecule has 96 valence electrons. The van der Waals surface area contributed by atoms with Crippen LogP contribution in [0.2, 0.25) is 0 Å². The average Bonchev–Trinajstić information content (AvgIpc) is 2.36. The normalized spacial score (nSPS) is 10.8. The summed E-state index contributed by atoms with van der Waals surface area (Å²) in [4.78, 5) is 21.0. The zero-order chi connectivity index (χ0) is 13.5. The molecular weight excluding hydrogens is 240 g/mol. The predicted octanol–water partition coefficient (Wildman–Crippen LogP) is 0.842. The number of esters is 1. The first-order valence-electron chi connectivity index (χ1n) is 5.05. The number of benzene rings is 1. The molecule has 0 amide bonds. The van der Waals surface area contributed by atoms with Crippen LogP contribution in [-0.4, -0.2) is 23.3 Å². The van der Waals surface area contributed by atoms with Crippen molar-refractivity contribution >= 4 is 23.2 Å². The van der Waals surface area contributed by atoms with Crippen molar-refractivity contribution in [1.82, 2.24) is 0 Å². The number of rotatable bonds is 4. The standard InChI is InChI=1S/C10H12N4O4/c1-2-18-10(15)9(11)13-12-7-3-5-8(6-4-7)14(16)17/h3-6,12H,2H2,1H3,(H2,11,13). The van der Waals surface area contributed by atoms with Crippen molar-refractivity contribution in [2.45, 2.75) is 6.92 Å². The molecule has 0 radical (unpaired) electrons. The first-order valence-corrected chi connectivity index (χ1v) is 5.05. The minimum absolute atomic E-state index is 0.0390. The highest BCUT2D eigenvalue weighted by Crippen LogP contribution is 2.15. The summed E-state index contributed by atoms with van der Waals surface area (Å²) in [5.74, 6) is -1.05. The summed E-state index contributed by atoms with van der Waals surface area (Å²) in [5.41, 5.74) is 8.25. The molecule has 0 heterocycles. The Morgan fingerprint density at radius 2 is 2.11 bits per heavy atom. The van der Waals surface area contributed by atoms with Crippen molar-refractivity contribution in [2.75, 3.05) is 12.0 Å². The second-order valence-electron chi connectivity index (χ2n) is 3.13. The van der Waals surface area contributed by atoms with Gasteiger partial charge < -0.3 is 10.5 Å². The molecule has 0 aliphatic rings. The summed E-state index contributed by atoms with van der Waals surface area (Å²) >= 11 is 0. The van der Waals surface area contributed by atoms with Crippen LogP contribution in [0.3, 0.4) is 0 Å². The van der Waals surface area contributed by atoms with Gasteiger partial charge in [-0.1, -0.05) is 0 Å². The molecule has 0 spiro atoms. The number of hydrogen-bond donors (Lipinski definition) is 2. The van der Waals surface area contributed by atoms with Gasteiger partial charge in [-0.15, -0.1) is 5.10 Å². The number of carbonyl (C=O) groups is 1. The van der Waals surface area contributed by atoms with Crippen molar-refractivity contribution in [1.29, 1.82) is 0 Å². The van der Waals surface area contributed by atoms with E-state index in [4.69, 9.17) is 5.73 Å². The van der Waals surface area contributed by atoms with Gasteiger partial charge in [0, 0.05) is 12.1 Å². The first kappa shape index (κ1) is 13.4. The number of hydrazone groups is 1. The van der Waals surface area contributed by atoms with Crippen LogP contribution >= 0.6 is 0 Å². The number of hydrogen-bond acceptors (Lipinski definition) is 6. The van der Waals surface area contributed by atoms with E-state index in [-0.39, 0.29) is 18.1 Å². The number of carbonyl (C=O) groups excluding carboxylic acids is 1. The van der Waals surface area contributed by atoms with Crippen LogP contribution in [0.15, 0.2) is 29.4 Å². The Balaban J connectivity index is 2.65. The van der Waals surface area contributed by atoms with E-state index < -0.39 is 10.9 Å². The van der Waals surface area contributed by atoms with Gasteiger partial charge in [-0.05, 0) is 19.1 Å². The van der Waals surface area contributed by atoms with Crippen molar-refractivity contribution in [3.63, 3.8) is 0 Å². The fraction of sp³-hybridized carbons (Fsp3) is 0.200. The van der Waals surface area contributed by atoms with Crippen LogP contribution in [-0.2, 0) is 9.53 Å². The molecule has 1 aromatic carbocycles. The summed E-state index contributed by atoms with van der Waals surface area (Å²) in [5, 5.41) is 14.0. The van der Waals surface area contributed by atoms with Gasteiger partial charge >= 0.3 is 5.97 Å². The Morgan fingerprint density at radius 1 is 1.50 bits per heavy atom. The minimum atomic E-state index is -0.730. The van der Waals surface area contributed by atoms with Gasteiger partial charge in [-0.3, -0.25) is 15.5 Å². The SMILES string of the molecule is CCOC(=O)/C(N)=N/Nc1ccc([N+](=O)[O-])cc1. The summed E-state index contributed by atoms with van der Waals surface area (Å²) in [7, 11) is 0. The zero-order valence-electron chi connectivity index (χ0n) is 9.62.